The standard InChI is InChI=1S/C19H18FN5O4S3/c1-9-23-24-19(32-9)31-8-11-7-30-16-13(15(26)25(16)14(11)17(27)28)22-18(29)21-6-10-2-4-12(20)5-3-10/h2-5,13,16H,6-8H2,1H3,(H,27,28)(H2,21,22,29)/t13?,16-/m1/s1. The van der Waals surface area contributed by atoms with Crippen molar-refractivity contribution in [1.82, 2.24) is 25.7 Å². The van der Waals surface area contributed by atoms with Crippen molar-refractivity contribution < 1.29 is 23.9 Å². The highest BCUT2D eigenvalue weighted by Gasteiger charge is 2.54. The molecule has 32 heavy (non-hydrogen) atoms. The van der Waals surface area contributed by atoms with E-state index in [1.807, 2.05) is 6.92 Å². The summed E-state index contributed by atoms with van der Waals surface area (Å²) < 4.78 is 13.7. The number of carbonyl (C=O) groups is 3. The summed E-state index contributed by atoms with van der Waals surface area (Å²) in [6.45, 7) is 2.01. The maximum absolute atomic E-state index is 13.0. The van der Waals surface area contributed by atoms with Crippen molar-refractivity contribution in [3.05, 3.63) is 51.9 Å². The van der Waals surface area contributed by atoms with Crippen molar-refractivity contribution in [1.29, 1.82) is 0 Å². The Bertz CT molecular complexity index is 1090. The van der Waals surface area contributed by atoms with Crippen LogP contribution in [0.25, 0.3) is 0 Å². The van der Waals surface area contributed by atoms with E-state index in [9.17, 15) is 23.9 Å². The summed E-state index contributed by atoms with van der Waals surface area (Å²) >= 11 is 4.21. The average molecular weight is 496 g/mol. The number of benzene rings is 1. The predicted octanol–water partition coefficient (Wildman–Crippen LogP) is 2.20. The van der Waals surface area contributed by atoms with Crippen LogP contribution in [0.15, 0.2) is 39.9 Å². The first-order valence-corrected chi connectivity index (χ1v) is 12.3. The lowest BCUT2D eigenvalue weighted by Gasteiger charge is -2.49. The molecule has 2 atom stereocenters. The summed E-state index contributed by atoms with van der Waals surface area (Å²) in [7, 11) is 0. The van der Waals surface area contributed by atoms with Crippen LogP contribution in [0.3, 0.4) is 0 Å². The molecule has 0 saturated carbocycles. The van der Waals surface area contributed by atoms with Crippen LogP contribution in [-0.2, 0) is 16.1 Å². The van der Waals surface area contributed by atoms with Crippen LogP contribution in [-0.4, -0.2) is 61.0 Å². The molecule has 2 aliphatic heterocycles. The number of amides is 3. The first-order valence-electron chi connectivity index (χ1n) is 9.45. The molecule has 4 rings (SSSR count). The number of hydrogen-bond acceptors (Lipinski definition) is 8. The SMILES string of the molecule is Cc1nnc(SCC2=C(C(=O)O)N3C(=O)C(NC(=O)NCc4ccc(F)cc4)[C@H]3SC2)s1. The molecule has 1 aromatic heterocycles. The molecule has 0 spiro atoms. The Labute approximate surface area is 194 Å². The van der Waals surface area contributed by atoms with Crippen molar-refractivity contribution in [2.24, 2.45) is 0 Å². The van der Waals surface area contributed by atoms with Crippen LogP contribution >= 0.6 is 34.9 Å². The Hall–Kier alpha value is -2.64. The molecule has 2 aliphatic rings. The van der Waals surface area contributed by atoms with E-state index in [0.717, 1.165) is 9.35 Å². The van der Waals surface area contributed by atoms with E-state index >= 15 is 0 Å². The number of urea groups is 1. The number of rotatable bonds is 7. The fourth-order valence-electron chi connectivity index (χ4n) is 3.26. The average Bonchev–Trinajstić information content (AvgIpc) is 3.19. The number of β-lactam (4-membered cyclic amide) rings is 1. The van der Waals surface area contributed by atoms with Gasteiger partial charge in [-0.3, -0.25) is 9.69 Å². The number of fused-ring (bicyclic) bond motifs is 1. The van der Waals surface area contributed by atoms with Crippen molar-refractivity contribution in [2.45, 2.75) is 29.2 Å². The molecule has 0 aliphatic carbocycles. The highest BCUT2D eigenvalue weighted by Crippen LogP contribution is 2.41. The third-order valence-corrected chi connectivity index (χ3v) is 8.18. The van der Waals surface area contributed by atoms with Gasteiger partial charge in [-0.15, -0.1) is 22.0 Å². The lowest BCUT2D eigenvalue weighted by atomic mass is 10.0. The maximum atomic E-state index is 13.0. The normalized spacial score (nSPS) is 19.9. The number of nitrogens with zero attached hydrogens (tertiary/aromatic N) is 3. The van der Waals surface area contributed by atoms with E-state index in [1.165, 1.54) is 51.9 Å². The van der Waals surface area contributed by atoms with Crippen LogP contribution in [0.4, 0.5) is 9.18 Å². The van der Waals surface area contributed by atoms with Gasteiger partial charge in [0.1, 0.15) is 27.9 Å². The number of nitrogens with one attached hydrogen (secondary N) is 2. The minimum absolute atomic E-state index is 0.0303. The number of carboxylic acid groups (broad SMARTS) is 1. The number of aromatic nitrogens is 2. The third kappa shape index (κ3) is 4.74. The van der Waals surface area contributed by atoms with E-state index in [0.29, 0.717) is 22.6 Å². The molecule has 3 heterocycles. The fraction of sp³-hybridized carbons (Fsp3) is 0.316. The zero-order valence-electron chi connectivity index (χ0n) is 16.7. The molecule has 0 bridgehead atoms. The summed E-state index contributed by atoms with van der Waals surface area (Å²) in [5.74, 6) is -1.20. The number of halogens is 1. The molecule has 9 nitrogen and oxygen atoms in total. The minimum Gasteiger partial charge on any atom is -0.477 e. The highest BCUT2D eigenvalue weighted by molar-refractivity contribution is 8.01. The molecule has 3 amide bonds. The Morgan fingerprint density at radius 2 is 2.06 bits per heavy atom. The summed E-state index contributed by atoms with van der Waals surface area (Å²) in [5.41, 5.74) is 1.31. The lowest BCUT2D eigenvalue weighted by molar-refractivity contribution is -0.148. The van der Waals surface area contributed by atoms with Crippen molar-refractivity contribution in [3.8, 4) is 0 Å². The van der Waals surface area contributed by atoms with Gasteiger partial charge in [-0.1, -0.05) is 35.2 Å². The van der Waals surface area contributed by atoms with Crippen LogP contribution in [0.5, 0.6) is 0 Å². The third-order valence-electron chi connectivity index (χ3n) is 4.78. The number of thioether (sulfide) groups is 2. The summed E-state index contributed by atoms with van der Waals surface area (Å²) in [5, 5.41) is 23.3. The molecule has 3 N–H and O–H groups in total. The van der Waals surface area contributed by atoms with E-state index in [-0.39, 0.29) is 18.1 Å². The zero-order chi connectivity index (χ0) is 22.8. The first-order chi connectivity index (χ1) is 15.3. The molecule has 0 radical (unpaired) electrons. The van der Waals surface area contributed by atoms with Crippen LogP contribution in [0.1, 0.15) is 10.6 Å². The Kier molecular flexibility index (Phi) is 6.67. The lowest BCUT2D eigenvalue weighted by Crippen LogP contribution is -2.71. The van der Waals surface area contributed by atoms with E-state index in [2.05, 4.69) is 20.8 Å². The second kappa shape index (κ2) is 9.46. The smallest absolute Gasteiger partial charge is 0.352 e. The number of aliphatic carboxylic acids is 1. The van der Waals surface area contributed by atoms with Gasteiger partial charge in [-0.25, -0.2) is 14.0 Å². The monoisotopic (exact) mass is 495 g/mol. The van der Waals surface area contributed by atoms with Crippen LogP contribution in [0, 0.1) is 12.7 Å². The van der Waals surface area contributed by atoms with Gasteiger partial charge in [0.2, 0.25) is 0 Å². The first kappa shape index (κ1) is 22.6. The molecular formula is C19H18FN5O4S3. The Morgan fingerprint density at radius 3 is 2.72 bits per heavy atom. The number of aryl methyl sites for hydroxylation is 1. The number of hydrogen-bond donors (Lipinski definition) is 3. The second-order valence-corrected chi connectivity index (χ2v) is 10.5. The van der Waals surface area contributed by atoms with Gasteiger partial charge in [0.05, 0.1) is 0 Å². The molecule has 13 heteroatoms. The minimum atomic E-state index is -1.17. The molecule has 168 valence electrons. The predicted molar refractivity (Wildman–Crippen MR) is 119 cm³/mol. The number of carbonyl (C=O) groups excluding carboxylic acids is 2. The highest BCUT2D eigenvalue weighted by atomic mass is 32.2. The summed E-state index contributed by atoms with van der Waals surface area (Å²) in [6, 6.07) is 4.32. The largest absolute Gasteiger partial charge is 0.477 e. The van der Waals surface area contributed by atoms with Crippen LogP contribution < -0.4 is 10.6 Å². The summed E-state index contributed by atoms with van der Waals surface area (Å²) in [6.07, 6.45) is 0. The van der Waals surface area contributed by atoms with Gasteiger partial charge in [0.25, 0.3) is 5.91 Å². The molecular weight excluding hydrogens is 477 g/mol. The van der Waals surface area contributed by atoms with Gasteiger partial charge in [0, 0.05) is 18.1 Å². The quantitative estimate of drug-likeness (QED) is 0.395. The number of carboxylic acids is 1. The molecule has 1 aromatic carbocycles. The van der Waals surface area contributed by atoms with Crippen molar-refractivity contribution in [3.63, 3.8) is 0 Å². The van der Waals surface area contributed by atoms with Gasteiger partial charge in [-0.05, 0) is 30.2 Å². The molecule has 1 fully saturated rings. The second-order valence-electron chi connectivity index (χ2n) is 6.97. The zero-order valence-corrected chi connectivity index (χ0v) is 19.2. The van der Waals surface area contributed by atoms with E-state index < -0.39 is 29.3 Å². The Balaban J connectivity index is 1.37. The molecule has 1 unspecified atom stereocenters. The van der Waals surface area contributed by atoms with Gasteiger partial charge >= 0.3 is 12.0 Å². The molecule has 1 saturated heterocycles. The Morgan fingerprint density at radius 1 is 1.31 bits per heavy atom. The summed E-state index contributed by atoms with van der Waals surface area (Å²) in [4.78, 5) is 38.1. The van der Waals surface area contributed by atoms with E-state index in [1.54, 1.807) is 12.1 Å². The van der Waals surface area contributed by atoms with Crippen molar-refractivity contribution in [2.75, 3.05) is 11.5 Å². The van der Waals surface area contributed by atoms with E-state index in [4.69, 9.17) is 0 Å². The molecule has 2 aromatic rings. The van der Waals surface area contributed by atoms with Gasteiger partial charge in [0.15, 0.2) is 4.34 Å². The topological polar surface area (TPSA) is 125 Å². The van der Waals surface area contributed by atoms with Gasteiger partial charge in [-0.2, -0.15) is 0 Å². The van der Waals surface area contributed by atoms with Crippen LogP contribution in [0.2, 0.25) is 0 Å². The van der Waals surface area contributed by atoms with Gasteiger partial charge < -0.3 is 15.7 Å². The maximum Gasteiger partial charge on any atom is 0.352 e. The fourth-order valence-corrected chi connectivity index (χ4v) is 6.56. The van der Waals surface area contributed by atoms with Crippen molar-refractivity contribution >= 4 is 52.8 Å².